The number of hydrogen-bond acceptors (Lipinski definition) is 4. The van der Waals surface area contributed by atoms with Crippen LogP contribution in [0.15, 0.2) is 36.7 Å². The maximum absolute atomic E-state index is 12.3. The van der Waals surface area contributed by atoms with E-state index in [9.17, 15) is 4.79 Å². The molecule has 0 saturated carbocycles. The molecule has 1 aromatic carbocycles. The fourth-order valence-electron chi connectivity index (χ4n) is 3.31. The summed E-state index contributed by atoms with van der Waals surface area (Å²) in [5.74, 6) is 1.89. The summed E-state index contributed by atoms with van der Waals surface area (Å²) in [4.78, 5) is 12.3. The van der Waals surface area contributed by atoms with E-state index in [1.807, 2.05) is 34.9 Å². The van der Waals surface area contributed by atoms with E-state index >= 15 is 0 Å². The zero-order valence-corrected chi connectivity index (χ0v) is 14.1. The third-order valence-electron chi connectivity index (χ3n) is 4.79. The van der Waals surface area contributed by atoms with Gasteiger partial charge in [0.25, 0.3) is 0 Å². The van der Waals surface area contributed by atoms with Gasteiger partial charge in [-0.3, -0.25) is 9.36 Å². The highest BCUT2D eigenvalue weighted by atomic mass is 16.1. The zero-order valence-electron chi connectivity index (χ0n) is 14.1. The number of aromatic nitrogens is 3. The van der Waals surface area contributed by atoms with Crippen molar-refractivity contribution in [3.8, 4) is 5.69 Å². The number of hydrogen-bond donors (Lipinski definition) is 2. The van der Waals surface area contributed by atoms with Crippen molar-refractivity contribution in [1.82, 2.24) is 25.4 Å². The first-order valence-corrected chi connectivity index (χ1v) is 8.66. The molecular weight excluding hydrogens is 302 g/mol. The van der Waals surface area contributed by atoms with Gasteiger partial charge < -0.3 is 10.6 Å². The van der Waals surface area contributed by atoms with Crippen molar-refractivity contribution in [1.29, 1.82) is 0 Å². The van der Waals surface area contributed by atoms with Crippen molar-refractivity contribution in [3.63, 3.8) is 0 Å². The predicted molar refractivity (Wildman–Crippen MR) is 92.6 cm³/mol. The lowest BCUT2D eigenvalue weighted by Crippen LogP contribution is -2.33. The predicted octanol–water partition coefficient (Wildman–Crippen LogP) is 1.91. The molecule has 6 nitrogen and oxygen atoms in total. The number of carbonyl (C=O) groups is 1. The minimum atomic E-state index is 0.0867. The summed E-state index contributed by atoms with van der Waals surface area (Å²) in [7, 11) is 0. The molecule has 1 amide bonds. The van der Waals surface area contributed by atoms with Gasteiger partial charge in [-0.2, -0.15) is 0 Å². The maximum Gasteiger partial charge on any atom is 0.220 e. The largest absolute Gasteiger partial charge is 0.349 e. The molecule has 24 heavy (non-hydrogen) atoms. The number of carbonyl (C=O) groups excluding carboxylic acids is 1. The first kappa shape index (κ1) is 16.6. The number of rotatable bonds is 6. The monoisotopic (exact) mass is 327 g/mol. The standard InChI is InChI=1S/C18H25N5O/c1-14(15-7-9-19-10-8-15)11-18(24)20-12-17-22-21-13-23(17)16-5-3-2-4-6-16/h2-6,13-15,19H,7-12H2,1H3,(H,20,24). The van der Waals surface area contributed by atoms with Gasteiger partial charge in [0.2, 0.25) is 5.91 Å². The Morgan fingerprint density at radius 2 is 2.08 bits per heavy atom. The molecule has 0 aliphatic carbocycles. The topological polar surface area (TPSA) is 71.8 Å². The molecule has 0 bridgehead atoms. The van der Waals surface area contributed by atoms with Crippen LogP contribution < -0.4 is 10.6 Å². The SMILES string of the molecule is CC(CC(=O)NCc1nncn1-c1ccccc1)C1CCNCC1. The molecule has 6 heteroatoms. The molecule has 1 aromatic heterocycles. The average molecular weight is 327 g/mol. The Morgan fingerprint density at radius 1 is 1.33 bits per heavy atom. The van der Waals surface area contributed by atoms with E-state index in [1.54, 1.807) is 6.33 Å². The number of piperidine rings is 1. The third-order valence-corrected chi connectivity index (χ3v) is 4.79. The van der Waals surface area contributed by atoms with Crippen LogP contribution in [0.4, 0.5) is 0 Å². The molecule has 2 aromatic rings. The second-order valence-corrected chi connectivity index (χ2v) is 6.50. The summed E-state index contributed by atoms with van der Waals surface area (Å²) < 4.78 is 1.90. The number of para-hydroxylation sites is 1. The van der Waals surface area contributed by atoms with Gasteiger partial charge in [-0.1, -0.05) is 25.1 Å². The van der Waals surface area contributed by atoms with Crippen LogP contribution in [0.5, 0.6) is 0 Å². The fourth-order valence-corrected chi connectivity index (χ4v) is 3.31. The van der Waals surface area contributed by atoms with Crippen molar-refractivity contribution in [3.05, 3.63) is 42.5 Å². The van der Waals surface area contributed by atoms with Gasteiger partial charge in [0.15, 0.2) is 5.82 Å². The Hall–Kier alpha value is -2.21. The van der Waals surface area contributed by atoms with Crippen molar-refractivity contribution < 1.29 is 4.79 Å². The molecule has 1 aliphatic rings. The number of nitrogens with one attached hydrogen (secondary N) is 2. The molecular formula is C18H25N5O. The van der Waals surface area contributed by atoms with Crippen LogP contribution in [0, 0.1) is 11.8 Å². The van der Waals surface area contributed by atoms with Gasteiger partial charge in [-0.25, -0.2) is 0 Å². The molecule has 2 N–H and O–H groups in total. The minimum absolute atomic E-state index is 0.0867. The van der Waals surface area contributed by atoms with Gasteiger partial charge >= 0.3 is 0 Å². The minimum Gasteiger partial charge on any atom is -0.349 e. The lowest BCUT2D eigenvalue weighted by atomic mass is 9.84. The van der Waals surface area contributed by atoms with Gasteiger partial charge in [-0.05, 0) is 49.9 Å². The Bertz CT molecular complexity index is 648. The molecule has 0 radical (unpaired) electrons. The van der Waals surface area contributed by atoms with Crippen LogP contribution in [0.1, 0.15) is 32.0 Å². The van der Waals surface area contributed by atoms with Gasteiger partial charge in [0.05, 0.1) is 6.54 Å². The van der Waals surface area contributed by atoms with Crippen LogP contribution >= 0.6 is 0 Å². The molecule has 128 valence electrons. The molecule has 1 unspecified atom stereocenters. The van der Waals surface area contributed by atoms with E-state index in [4.69, 9.17) is 0 Å². The Labute approximate surface area is 142 Å². The molecule has 1 aliphatic heterocycles. The second-order valence-electron chi connectivity index (χ2n) is 6.50. The zero-order chi connectivity index (χ0) is 16.8. The van der Waals surface area contributed by atoms with Crippen LogP contribution in [0.25, 0.3) is 5.69 Å². The summed E-state index contributed by atoms with van der Waals surface area (Å²) in [6.45, 7) is 4.71. The van der Waals surface area contributed by atoms with E-state index in [2.05, 4.69) is 27.8 Å². The molecule has 3 rings (SSSR count). The highest BCUT2D eigenvalue weighted by molar-refractivity contribution is 5.76. The number of benzene rings is 1. The highest BCUT2D eigenvalue weighted by Gasteiger charge is 2.22. The lowest BCUT2D eigenvalue weighted by molar-refractivity contribution is -0.122. The van der Waals surface area contributed by atoms with E-state index in [0.717, 1.165) is 37.4 Å². The van der Waals surface area contributed by atoms with Crippen LogP contribution in [0.2, 0.25) is 0 Å². The van der Waals surface area contributed by atoms with Crippen molar-refractivity contribution in [2.75, 3.05) is 13.1 Å². The van der Waals surface area contributed by atoms with Crippen LogP contribution in [-0.4, -0.2) is 33.8 Å². The van der Waals surface area contributed by atoms with Crippen molar-refractivity contribution in [2.45, 2.75) is 32.7 Å². The summed E-state index contributed by atoms with van der Waals surface area (Å²) in [6.07, 6.45) is 4.58. The summed E-state index contributed by atoms with van der Waals surface area (Å²) in [5, 5.41) is 14.4. The molecule has 1 atom stereocenters. The summed E-state index contributed by atoms with van der Waals surface area (Å²) in [6, 6.07) is 9.90. The third kappa shape index (κ3) is 4.20. The maximum atomic E-state index is 12.3. The van der Waals surface area contributed by atoms with E-state index in [-0.39, 0.29) is 5.91 Å². The van der Waals surface area contributed by atoms with Crippen molar-refractivity contribution >= 4 is 5.91 Å². The summed E-state index contributed by atoms with van der Waals surface area (Å²) in [5.41, 5.74) is 0.995. The quantitative estimate of drug-likeness (QED) is 0.850. The lowest BCUT2D eigenvalue weighted by Gasteiger charge is -2.27. The summed E-state index contributed by atoms with van der Waals surface area (Å²) >= 11 is 0. The molecule has 0 spiro atoms. The number of amides is 1. The van der Waals surface area contributed by atoms with Gasteiger partial charge in [0.1, 0.15) is 6.33 Å². The first-order valence-electron chi connectivity index (χ1n) is 8.66. The van der Waals surface area contributed by atoms with Crippen molar-refractivity contribution in [2.24, 2.45) is 11.8 Å². The van der Waals surface area contributed by atoms with Crippen LogP contribution in [-0.2, 0) is 11.3 Å². The second kappa shape index (κ2) is 8.06. The molecule has 1 fully saturated rings. The Balaban J connectivity index is 1.52. The molecule has 2 heterocycles. The molecule has 1 saturated heterocycles. The first-order chi connectivity index (χ1) is 11.7. The normalized spacial score (nSPS) is 16.7. The average Bonchev–Trinajstić information content (AvgIpc) is 3.10. The smallest absolute Gasteiger partial charge is 0.220 e. The number of nitrogens with zero attached hydrogens (tertiary/aromatic N) is 3. The van der Waals surface area contributed by atoms with Crippen LogP contribution in [0.3, 0.4) is 0 Å². The van der Waals surface area contributed by atoms with E-state index < -0.39 is 0 Å². The van der Waals surface area contributed by atoms with E-state index in [1.165, 1.54) is 0 Å². The highest BCUT2D eigenvalue weighted by Crippen LogP contribution is 2.24. The fraction of sp³-hybridized carbons (Fsp3) is 0.500. The van der Waals surface area contributed by atoms with Gasteiger partial charge in [0, 0.05) is 12.1 Å². The van der Waals surface area contributed by atoms with E-state index in [0.29, 0.717) is 24.8 Å². The Kier molecular flexibility index (Phi) is 5.59. The van der Waals surface area contributed by atoms with Gasteiger partial charge in [-0.15, -0.1) is 10.2 Å². The Morgan fingerprint density at radius 3 is 2.83 bits per heavy atom.